The van der Waals surface area contributed by atoms with Gasteiger partial charge in [0.2, 0.25) is 0 Å². The molecule has 4 nitrogen and oxygen atoms in total. The van der Waals surface area contributed by atoms with Gasteiger partial charge in [-0.3, -0.25) is 0 Å². The molecule has 0 amide bonds. The molecule has 0 heterocycles. The van der Waals surface area contributed by atoms with Crippen molar-refractivity contribution in [3.63, 3.8) is 0 Å². The molecule has 1 aromatic rings. The first-order valence-corrected chi connectivity index (χ1v) is 6.43. The molecule has 0 atom stereocenters. The van der Waals surface area contributed by atoms with E-state index in [9.17, 15) is 4.79 Å². The predicted molar refractivity (Wildman–Crippen MR) is 74.5 cm³/mol. The van der Waals surface area contributed by atoms with E-state index in [1.165, 1.54) is 0 Å². The lowest BCUT2D eigenvalue weighted by molar-refractivity contribution is -0.00565. The van der Waals surface area contributed by atoms with Crippen molar-refractivity contribution in [2.45, 2.75) is 25.9 Å². The van der Waals surface area contributed by atoms with Gasteiger partial charge in [-0.1, -0.05) is 6.07 Å². The number of hydrogen-bond acceptors (Lipinski definition) is 4. The van der Waals surface area contributed by atoms with Gasteiger partial charge >= 0.3 is 5.97 Å². The van der Waals surface area contributed by atoms with Crippen molar-refractivity contribution >= 4 is 27.6 Å². The summed E-state index contributed by atoms with van der Waals surface area (Å²) in [5, 5.41) is 0. The van der Waals surface area contributed by atoms with E-state index < -0.39 is 0 Å². The molecule has 0 bridgehead atoms. The first-order valence-electron chi connectivity index (χ1n) is 5.63. The third-order valence-corrected chi connectivity index (χ3v) is 3.62. The molecule has 0 saturated heterocycles. The van der Waals surface area contributed by atoms with Gasteiger partial charge in [0.05, 0.1) is 22.2 Å². The molecule has 1 rings (SSSR count). The van der Waals surface area contributed by atoms with Gasteiger partial charge in [0.25, 0.3) is 0 Å². The number of carbonyl (C=O) groups excluding carboxylic acids is 1. The molecule has 0 aromatic heterocycles. The van der Waals surface area contributed by atoms with Crippen LogP contribution in [0.1, 0.15) is 30.6 Å². The van der Waals surface area contributed by atoms with Crippen molar-refractivity contribution in [1.82, 2.24) is 0 Å². The first-order chi connectivity index (χ1) is 8.37. The third kappa shape index (κ3) is 3.99. The summed E-state index contributed by atoms with van der Waals surface area (Å²) in [7, 11) is 1.64. The molecule has 0 fully saturated rings. The molecule has 100 valence electrons. The summed E-state index contributed by atoms with van der Waals surface area (Å²) in [6, 6.07) is 5.11. The molecule has 0 aliphatic heterocycles. The van der Waals surface area contributed by atoms with Crippen molar-refractivity contribution in [2.24, 2.45) is 0 Å². The molecule has 0 aliphatic rings. The highest BCUT2D eigenvalue weighted by atomic mass is 79.9. The van der Waals surface area contributed by atoms with Gasteiger partial charge in [-0.25, -0.2) is 4.79 Å². The third-order valence-electron chi connectivity index (χ3n) is 2.74. The molecule has 0 radical (unpaired) electrons. The van der Waals surface area contributed by atoms with E-state index in [1.807, 2.05) is 13.8 Å². The molecular weight excluding hydrogens is 298 g/mol. The van der Waals surface area contributed by atoms with E-state index in [4.69, 9.17) is 15.2 Å². The number of esters is 1. The Morgan fingerprint density at radius 3 is 2.72 bits per heavy atom. The minimum Gasteiger partial charge on any atom is -0.462 e. The van der Waals surface area contributed by atoms with Gasteiger partial charge in [-0.05, 0) is 41.9 Å². The first kappa shape index (κ1) is 15.0. The van der Waals surface area contributed by atoms with Crippen LogP contribution in [0.3, 0.4) is 0 Å². The second-order valence-corrected chi connectivity index (χ2v) is 5.35. The Morgan fingerprint density at radius 2 is 2.11 bits per heavy atom. The quantitative estimate of drug-likeness (QED) is 0.670. The molecule has 2 N–H and O–H groups in total. The summed E-state index contributed by atoms with van der Waals surface area (Å²) < 4.78 is 11.0. The SMILES string of the molecule is COC(C)(C)CCOC(=O)c1cccc(N)c1Br. The lowest BCUT2D eigenvalue weighted by atomic mass is 10.1. The molecule has 0 aliphatic carbocycles. The lowest BCUT2D eigenvalue weighted by Gasteiger charge is -2.22. The number of rotatable bonds is 5. The Bertz CT molecular complexity index is 432. The zero-order chi connectivity index (χ0) is 13.8. The molecular formula is C13H18BrNO3. The topological polar surface area (TPSA) is 61.5 Å². The smallest absolute Gasteiger partial charge is 0.339 e. The van der Waals surface area contributed by atoms with Crippen LogP contribution in [0.25, 0.3) is 0 Å². The van der Waals surface area contributed by atoms with E-state index >= 15 is 0 Å². The number of hydrogen-bond donors (Lipinski definition) is 1. The summed E-state index contributed by atoms with van der Waals surface area (Å²) in [5.74, 6) is -0.388. The van der Waals surface area contributed by atoms with E-state index in [2.05, 4.69) is 15.9 Å². The second kappa shape index (κ2) is 6.20. The van der Waals surface area contributed by atoms with Crippen molar-refractivity contribution in [3.05, 3.63) is 28.2 Å². The number of methoxy groups -OCH3 is 1. The monoisotopic (exact) mass is 315 g/mol. The number of carbonyl (C=O) groups is 1. The Morgan fingerprint density at radius 1 is 1.44 bits per heavy atom. The molecule has 0 unspecified atom stereocenters. The molecule has 0 saturated carbocycles. The fourth-order valence-corrected chi connectivity index (χ4v) is 1.70. The number of anilines is 1. The lowest BCUT2D eigenvalue weighted by Crippen LogP contribution is -2.25. The van der Waals surface area contributed by atoms with Crippen LogP contribution in [0.5, 0.6) is 0 Å². The van der Waals surface area contributed by atoms with Crippen molar-refractivity contribution in [1.29, 1.82) is 0 Å². The van der Waals surface area contributed by atoms with E-state index in [0.717, 1.165) is 0 Å². The van der Waals surface area contributed by atoms with Crippen molar-refractivity contribution in [2.75, 3.05) is 19.5 Å². The van der Waals surface area contributed by atoms with Gasteiger partial charge in [0, 0.05) is 19.2 Å². The predicted octanol–water partition coefficient (Wildman–Crippen LogP) is 3.00. The number of benzene rings is 1. The Kier molecular flexibility index (Phi) is 5.16. The summed E-state index contributed by atoms with van der Waals surface area (Å²) in [6.45, 7) is 4.19. The van der Waals surface area contributed by atoms with Crippen LogP contribution < -0.4 is 5.73 Å². The Hall–Kier alpha value is -1.07. The van der Waals surface area contributed by atoms with Crippen molar-refractivity contribution in [3.8, 4) is 0 Å². The van der Waals surface area contributed by atoms with Crippen LogP contribution in [0.2, 0.25) is 0 Å². The molecule has 5 heteroatoms. The number of ether oxygens (including phenoxy) is 2. The Labute approximate surface area is 116 Å². The van der Waals surface area contributed by atoms with Crippen LogP contribution in [-0.2, 0) is 9.47 Å². The maximum absolute atomic E-state index is 11.8. The molecule has 1 aromatic carbocycles. The number of nitrogens with two attached hydrogens (primary N) is 1. The molecule has 18 heavy (non-hydrogen) atoms. The fourth-order valence-electron chi connectivity index (χ4n) is 1.28. The van der Waals surface area contributed by atoms with Crippen LogP contribution in [0, 0.1) is 0 Å². The van der Waals surface area contributed by atoms with E-state index in [1.54, 1.807) is 25.3 Å². The number of nitrogen functional groups attached to an aromatic ring is 1. The number of halogens is 1. The van der Waals surface area contributed by atoms with Gasteiger partial charge in [-0.2, -0.15) is 0 Å². The van der Waals surface area contributed by atoms with Gasteiger partial charge in [0.15, 0.2) is 0 Å². The van der Waals surface area contributed by atoms with Gasteiger partial charge < -0.3 is 15.2 Å². The average Bonchev–Trinajstić information content (AvgIpc) is 2.32. The zero-order valence-corrected chi connectivity index (χ0v) is 12.4. The standard InChI is InChI=1S/C13H18BrNO3/c1-13(2,17-3)7-8-18-12(16)9-5-4-6-10(15)11(9)14/h4-6H,7-8,15H2,1-3H3. The van der Waals surface area contributed by atoms with Crippen molar-refractivity contribution < 1.29 is 14.3 Å². The zero-order valence-electron chi connectivity index (χ0n) is 10.8. The Balaban J connectivity index is 2.59. The fraction of sp³-hybridized carbons (Fsp3) is 0.462. The minimum atomic E-state index is -0.388. The summed E-state index contributed by atoms with van der Waals surface area (Å²) in [6.07, 6.45) is 0.634. The second-order valence-electron chi connectivity index (χ2n) is 4.56. The summed E-state index contributed by atoms with van der Waals surface area (Å²) in [4.78, 5) is 11.8. The van der Waals surface area contributed by atoms with Crippen LogP contribution in [0.15, 0.2) is 22.7 Å². The van der Waals surface area contributed by atoms with Crippen LogP contribution in [-0.4, -0.2) is 25.3 Å². The maximum Gasteiger partial charge on any atom is 0.339 e. The van der Waals surface area contributed by atoms with Crippen LogP contribution in [0.4, 0.5) is 5.69 Å². The minimum absolute atomic E-state index is 0.298. The summed E-state index contributed by atoms with van der Waals surface area (Å²) >= 11 is 3.28. The highest BCUT2D eigenvalue weighted by molar-refractivity contribution is 9.10. The van der Waals surface area contributed by atoms with E-state index in [-0.39, 0.29) is 11.6 Å². The maximum atomic E-state index is 11.8. The normalized spacial score (nSPS) is 11.3. The summed E-state index contributed by atoms with van der Waals surface area (Å²) in [5.41, 5.74) is 6.36. The van der Waals surface area contributed by atoms with Crippen LogP contribution >= 0.6 is 15.9 Å². The highest BCUT2D eigenvalue weighted by Crippen LogP contribution is 2.24. The van der Waals surface area contributed by atoms with E-state index in [0.29, 0.717) is 28.8 Å². The molecule has 0 spiro atoms. The largest absolute Gasteiger partial charge is 0.462 e. The van der Waals surface area contributed by atoms with Gasteiger partial charge in [0.1, 0.15) is 0 Å². The highest BCUT2D eigenvalue weighted by Gasteiger charge is 2.18. The van der Waals surface area contributed by atoms with Gasteiger partial charge in [-0.15, -0.1) is 0 Å². The average molecular weight is 316 g/mol.